The van der Waals surface area contributed by atoms with Crippen molar-refractivity contribution in [1.82, 2.24) is 24.6 Å². The number of methoxy groups -OCH3 is 1. The highest BCUT2D eigenvalue weighted by molar-refractivity contribution is 5.95. The van der Waals surface area contributed by atoms with Crippen molar-refractivity contribution in [2.45, 2.75) is 45.2 Å². The molecule has 2 amide bonds. The lowest BCUT2D eigenvalue weighted by Crippen LogP contribution is -2.40. The number of fused-ring (bicyclic) bond motifs is 1. The minimum atomic E-state index is -0.104. The van der Waals surface area contributed by atoms with Crippen LogP contribution in [0.2, 0.25) is 0 Å². The molecular formula is C21H27N5O3. The lowest BCUT2D eigenvalue weighted by atomic mass is 9.99. The Balaban J connectivity index is 1.61. The van der Waals surface area contributed by atoms with E-state index in [2.05, 4.69) is 14.8 Å². The zero-order valence-electron chi connectivity index (χ0n) is 17.0. The molecule has 1 aromatic carbocycles. The van der Waals surface area contributed by atoms with E-state index < -0.39 is 0 Å². The number of ether oxygens (including phenoxy) is 1. The summed E-state index contributed by atoms with van der Waals surface area (Å²) in [5, 5.41) is 8.88. The molecule has 0 saturated carbocycles. The van der Waals surface area contributed by atoms with Gasteiger partial charge in [-0.3, -0.25) is 9.59 Å². The topological polar surface area (TPSA) is 80.6 Å². The molecule has 1 unspecified atom stereocenters. The van der Waals surface area contributed by atoms with E-state index in [1.807, 2.05) is 28.0 Å². The van der Waals surface area contributed by atoms with Crippen LogP contribution in [0.25, 0.3) is 0 Å². The first-order chi connectivity index (χ1) is 14.1. The average Bonchev–Trinajstić information content (AvgIpc) is 3.03. The predicted octanol–water partition coefficient (Wildman–Crippen LogP) is 2.06. The maximum absolute atomic E-state index is 13.3. The number of piperidine rings is 1. The third-order valence-electron chi connectivity index (χ3n) is 5.88. The van der Waals surface area contributed by atoms with E-state index in [1.165, 1.54) is 0 Å². The summed E-state index contributed by atoms with van der Waals surface area (Å²) in [6.07, 6.45) is 3.58. The van der Waals surface area contributed by atoms with Crippen molar-refractivity contribution in [2.24, 2.45) is 0 Å². The van der Waals surface area contributed by atoms with Crippen LogP contribution in [0.5, 0.6) is 5.75 Å². The summed E-state index contributed by atoms with van der Waals surface area (Å²) in [5.74, 6) is 2.47. The minimum Gasteiger partial charge on any atom is -0.497 e. The van der Waals surface area contributed by atoms with Crippen LogP contribution in [0.15, 0.2) is 24.3 Å². The maximum Gasteiger partial charge on any atom is 0.254 e. The van der Waals surface area contributed by atoms with Crippen LogP contribution < -0.4 is 4.74 Å². The van der Waals surface area contributed by atoms with Gasteiger partial charge in [0.2, 0.25) is 5.91 Å². The Hall–Kier alpha value is -2.90. The Morgan fingerprint density at radius 1 is 1.10 bits per heavy atom. The number of aromatic nitrogens is 3. The summed E-state index contributed by atoms with van der Waals surface area (Å²) in [5.41, 5.74) is 0.620. The summed E-state index contributed by atoms with van der Waals surface area (Å²) >= 11 is 0. The van der Waals surface area contributed by atoms with Crippen molar-refractivity contribution in [3.63, 3.8) is 0 Å². The highest BCUT2D eigenvalue weighted by Crippen LogP contribution is 2.32. The zero-order chi connectivity index (χ0) is 20.4. The SMILES string of the molecule is COc1cccc(C(=O)N2CCCCC2c2nnc3n2CCN(C(C)=O)CC3)c1. The first-order valence-corrected chi connectivity index (χ1v) is 10.2. The molecule has 0 spiro atoms. The monoisotopic (exact) mass is 397 g/mol. The van der Waals surface area contributed by atoms with Crippen LogP contribution in [0.4, 0.5) is 0 Å². The smallest absolute Gasteiger partial charge is 0.254 e. The molecular weight excluding hydrogens is 370 g/mol. The number of nitrogens with zero attached hydrogens (tertiary/aromatic N) is 5. The van der Waals surface area contributed by atoms with Gasteiger partial charge in [-0.05, 0) is 37.5 Å². The summed E-state index contributed by atoms with van der Waals surface area (Å²) < 4.78 is 7.40. The number of hydrogen-bond donors (Lipinski definition) is 0. The van der Waals surface area contributed by atoms with Crippen LogP contribution in [-0.4, -0.2) is 63.1 Å². The quantitative estimate of drug-likeness (QED) is 0.792. The summed E-state index contributed by atoms with van der Waals surface area (Å²) in [4.78, 5) is 28.9. The molecule has 1 atom stereocenters. The third-order valence-corrected chi connectivity index (χ3v) is 5.88. The van der Waals surface area contributed by atoms with Crippen LogP contribution in [-0.2, 0) is 17.8 Å². The molecule has 2 aliphatic rings. The van der Waals surface area contributed by atoms with Gasteiger partial charge in [-0.1, -0.05) is 6.07 Å². The molecule has 8 nitrogen and oxygen atoms in total. The van der Waals surface area contributed by atoms with Gasteiger partial charge in [0.05, 0.1) is 13.2 Å². The molecule has 29 heavy (non-hydrogen) atoms. The van der Waals surface area contributed by atoms with E-state index >= 15 is 0 Å². The number of carbonyl (C=O) groups excluding carboxylic acids is 2. The van der Waals surface area contributed by atoms with E-state index in [0.29, 0.717) is 43.9 Å². The number of rotatable bonds is 3. The lowest BCUT2D eigenvalue weighted by molar-refractivity contribution is -0.128. The van der Waals surface area contributed by atoms with E-state index in [4.69, 9.17) is 4.74 Å². The first kappa shape index (κ1) is 19.4. The second-order valence-corrected chi connectivity index (χ2v) is 7.62. The van der Waals surface area contributed by atoms with E-state index in [9.17, 15) is 9.59 Å². The molecule has 1 saturated heterocycles. The van der Waals surface area contributed by atoms with Gasteiger partial charge in [0.15, 0.2) is 5.82 Å². The molecule has 0 radical (unpaired) electrons. The summed E-state index contributed by atoms with van der Waals surface area (Å²) in [7, 11) is 1.60. The van der Waals surface area contributed by atoms with E-state index in [0.717, 1.165) is 30.9 Å². The van der Waals surface area contributed by atoms with Crippen LogP contribution in [0.3, 0.4) is 0 Å². The minimum absolute atomic E-state index is 0.00932. The van der Waals surface area contributed by atoms with Gasteiger partial charge in [0.25, 0.3) is 5.91 Å². The van der Waals surface area contributed by atoms with Crippen molar-refractivity contribution in [2.75, 3.05) is 26.7 Å². The fourth-order valence-electron chi connectivity index (χ4n) is 4.27. The number of benzene rings is 1. The molecule has 0 bridgehead atoms. The normalized spacial score (nSPS) is 19.4. The Morgan fingerprint density at radius 3 is 2.76 bits per heavy atom. The first-order valence-electron chi connectivity index (χ1n) is 10.2. The van der Waals surface area contributed by atoms with Gasteiger partial charge in [-0.25, -0.2) is 0 Å². The van der Waals surface area contributed by atoms with E-state index in [1.54, 1.807) is 20.1 Å². The molecule has 0 N–H and O–H groups in total. The van der Waals surface area contributed by atoms with Crippen LogP contribution in [0.1, 0.15) is 54.2 Å². The molecule has 3 heterocycles. The molecule has 8 heteroatoms. The van der Waals surface area contributed by atoms with Crippen LogP contribution in [0, 0.1) is 0 Å². The van der Waals surface area contributed by atoms with E-state index in [-0.39, 0.29) is 17.9 Å². The summed E-state index contributed by atoms with van der Waals surface area (Å²) in [6.45, 7) is 4.26. The molecule has 2 aliphatic heterocycles. The highest BCUT2D eigenvalue weighted by Gasteiger charge is 2.33. The number of hydrogen-bond acceptors (Lipinski definition) is 5. The van der Waals surface area contributed by atoms with Crippen molar-refractivity contribution in [1.29, 1.82) is 0 Å². The molecule has 2 aromatic rings. The average molecular weight is 397 g/mol. The largest absolute Gasteiger partial charge is 0.497 e. The van der Waals surface area contributed by atoms with Crippen molar-refractivity contribution in [3.8, 4) is 5.75 Å². The Morgan fingerprint density at radius 2 is 1.97 bits per heavy atom. The predicted molar refractivity (Wildman–Crippen MR) is 107 cm³/mol. The Kier molecular flexibility index (Phi) is 5.51. The van der Waals surface area contributed by atoms with Gasteiger partial charge in [-0.2, -0.15) is 0 Å². The lowest BCUT2D eigenvalue weighted by Gasteiger charge is -2.35. The second kappa shape index (κ2) is 8.23. The summed E-state index contributed by atoms with van der Waals surface area (Å²) in [6, 6.07) is 7.18. The molecule has 0 aliphatic carbocycles. The maximum atomic E-state index is 13.3. The zero-order valence-corrected chi connectivity index (χ0v) is 17.0. The fraction of sp³-hybridized carbons (Fsp3) is 0.524. The van der Waals surface area contributed by atoms with Gasteiger partial charge in [0, 0.05) is 45.1 Å². The number of amides is 2. The Bertz CT molecular complexity index is 909. The third kappa shape index (κ3) is 3.83. The molecule has 1 aromatic heterocycles. The van der Waals surface area contributed by atoms with Crippen molar-refractivity contribution < 1.29 is 14.3 Å². The second-order valence-electron chi connectivity index (χ2n) is 7.62. The molecule has 4 rings (SSSR count). The Labute approximate surface area is 170 Å². The van der Waals surface area contributed by atoms with Crippen molar-refractivity contribution >= 4 is 11.8 Å². The number of likely N-dealkylation sites (tertiary alicyclic amines) is 1. The van der Waals surface area contributed by atoms with Gasteiger partial charge < -0.3 is 19.1 Å². The number of carbonyl (C=O) groups is 2. The van der Waals surface area contributed by atoms with Gasteiger partial charge >= 0.3 is 0 Å². The molecule has 154 valence electrons. The highest BCUT2D eigenvalue weighted by atomic mass is 16.5. The fourth-order valence-corrected chi connectivity index (χ4v) is 4.27. The standard InChI is InChI=1S/C21H27N5O3/c1-15(27)24-11-9-19-22-23-20(26(19)13-12-24)18-8-3-4-10-25(18)21(28)16-6-5-7-17(14-16)29-2/h5-7,14,18H,3-4,8-13H2,1-2H3. The van der Waals surface area contributed by atoms with Gasteiger partial charge in [-0.15, -0.1) is 10.2 Å². The van der Waals surface area contributed by atoms with Crippen molar-refractivity contribution in [3.05, 3.63) is 41.5 Å². The molecule has 1 fully saturated rings. The van der Waals surface area contributed by atoms with Gasteiger partial charge in [0.1, 0.15) is 11.6 Å². The van der Waals surface area contributed by atoms with Crippen LogP contribution >= 0.6 is 0 Å².